The van der Waals surface area contributed by atoms with E-state index in [0.717, 1.165) is 16.7 Å². The van der Waals surface area contributed by atoms with Gasteiger partial charge in [-0.15, -0.1) is 11.3 Å². The van der Waals surface area contributed by atoms with Crippen LogP contribution in [0.2, 0.25) is 0 Å². The molecule has 0 aliphatic rings. The van der Waals surface area contributed by atoms with Gasteiger partial charge in [-0.05, 0) is 18.7 Å². The molecule has 5 nitrogen and oxygen atoms in total. The van der Waals surface area contributed by atoms with Crippen LogP contribution in [0.25, 0.3) is 0 Å². The van der Waals surface area contributed by atoms with E-state index in [-0.39, 0.29) is 11.6 Å². The predicted molar refractivity (Wildman–Crippen MR) is 73.2 cm³/mol. The summed E-state index contributed by atoms with van der Waals surface area (Å²) in [5.74, 6) is -1.11. The van der Waals surface area contributed by atoms with Gasteiger partial charge in [-0.3, -0.25) is 14.7 Å². The molecule has 1 unspecified atom stereocenters. The molecule has 0 amide bonds. The number of pyridine rings is 1. The number of halogens is 3. The van der Waals surface area contributed by atoms with E-state index < -0.39 is 23.9 Å². The maximum absolute atomic E-state index is 12.5. The van der Waals surface area contributed by atoms with Gasteiger partial charge < -0.3 is 5.11 Å². The number of hydrogen-bond acceptors (Lipinski definition) is 5. The van der Waals surface area contributed by atoms with Crippen molar-refractivity contribution in [3.8, 4) is 0 Å². The fourth-order valence-corrected chi connectivity index (χ4v) is 2.80. The lowest BCUT2D eigenvalue weighted by atomic mass is 10.1. The maximum Gasteiger partial charge on any atom is 0.434 e. The minimum absolute atomic E-state index is 0.00733. The zero-order valence-corrected chi connectivity index (χ0v) is 12.2. The summed E-state index contributed by atoms with van der Waals surface area (Å²) in [6.45, 7) is -0.00733. The highest BCUT2D eigenvalue weighted by atomic mass is 32.1. The van der Waals surface area contributed by atoms with Crippen LogP contribution < -0.4 is 0 Å². The number of likely N-dealkylation sites (N-methyl/N-ethyl adjacent to an activating group) is 1. The predicted octanol–water partition coefficient (Wildman–Crippen LogP) is 2.81. The number of aliphatic carboxylic acids is 1. The van der Waals surface area contributed by atoms with Gasteiger partial charge in [-0.2, -0.15) is 13.2 Å². The van der Waals surface area contributed by atoms with Crippen LogP contribution in [0.4, 0.5) is 13.2 Å². The summed E-state index contributed by atoms with van der Waals surface area (Å²) >= 11 is 0.848. The summed E-state index contributed by atoms with van der Waals surface area (Å²) < 4.78 is 37.6. The number of carbonyl (C=O) groups is 1. The van der Waals surface area contributed by atoms with Gasteiger partial charge in [-0.1, -0.05) is 6.07 Å². The summed E-state index contributed by atoms with van der Waals surface area (Å²) in [6, 6.07) is 2.20. The van der Waals surface area contributed by atoms with Crippen molar-refractivity contribution in [3.05, 3.63) is 46.2 Å². The molecule has 0 fully saturated rings. The van der Waals surface area contributed by atoms with Crippen LogP contribution in [0, 0.1) is 0 Å². The molecule has 0 saturated heterocycles. The molecule has 2 heterocycles. The molecule has 0 saturated carbocycles. The minimum Gasteiger partial charge on any atom is -0.480 e. The highest BCUT2D eigenvalue weighted by molar-refractivity contribution is 7.09. The van der Waals surface area contributed by atoms with Gasteiger partial charge in [0.25, 0.3) is 0 Å². The third-order valence-corrected chi connectivity index (χ3v) is 3.74. The summed E-state index contributed by atoms with van der Waals surface area (Å²) in [5, 5.41) is 10.5. The Kier molecular flexibility index (Phi) is 4.77. The molecule has 1 atom stereocenters. The van der Waals surface area contributed by atoms with Gasteiger partial charge in [-0.25, -0.2) is 4.98 Å². The van der Waals surface area contributed by atoms with Crippen LogP contribution in [-0.2, 0) is 17.5 Å². The molecule has 0 bridgehead atoms. The van der Waals surface area contributed by atoms with Gasteiger partial charge in [0.05, 0.1) is 6.54 Å². The summed E-state index contributed by atoms with van der Waals surface area (Å²) in [5.41, 5.74) is -0.515. The zero-order chi connectivity index (χ0) is 16.3. The second-order valence-corrected chi connectivity index (χ2v) is 5.51. The Morgan fingerprint density at radius 3 is 2.73 bits per heavy atom. The lowest BCUT2D eigenvalue weighted by molar-refractivity contribution is -0.144. The number of aromatic nitrogens is 2. The first-order valence-electron chi connectivity index (χ1n) is 6.13. The fraction of sp³-hybridized carbons (Fsp3) is 0.308. The smallest absolute Gasteiger partial charge is 0.434 e. The average Bonchev–Trinajstić information content (AvgIpc) is 2.88. The number of thiazole rings is 1. The van der Waals surface area contributed by atoms with Gasteiger partial charge >= 0.3 is 12.1 Å². The molecule has 9 heteroatoms. The van der Waals surface area contributed by atoms with Crippen LogP contribution in [0.1, 0.15) is 22.3 Å². The fourth-order valence-electron chi connectivity index (χ4n) is 1.94. The van der Waals surface area contributed by atoms with Crippen molar-refractivity contribution < 1.29 is 23.1 Å². The van der Waals surface area contributed by atoms with E-state index in [1.165, 1.54) is 24.3 Å². The van der Waals surface area contributed by atoms with Gasteiger partial charge in [0, 0.05) is 17.8 Å². The van der Waals surface area contributed by atoms with E-state index in [1.807, 2.05) is 0 Å². The molecule has 1 N–H and O–H groups in total. The SMILES string of the molecule is CN(Cc1nc(C(F)(F)F)cs1)C(C(=O)O)c1cccnc1. The number of rotatable bonds is 5. The van der Waals surface area contributed by atoms with Crippen LogP contribution in [0.15, 0.2) is 29.9 Å². The molecule has 0 aliphatic heterocycles. The Morgan fingerprint density at radius 1 is 1.50 bits per heavy atom. The first-order chi connectivity index (χ1) is 10.3. The van der Waals surface area contributed by atoms with Crippen molar-refractivity contribution in [2.75, 3.05) is 7.05 Å². The molecule has 0 radical (unpaired) electrons. The summed E-state index contributed by atoms with van der Waals surface area (Å²) in [7, 11) is 1.51. The molecule has 2 aromatic heterocycles. The molecule has 2 rings (SSSR count). The topological polar surface area (TPSA) is 66.3 Å². The molecule has 0 aliphatic carbocycles. The number of alkyl halides is 3. The Bertz CT molecular complexity index is 645. The van der Waals surface area contributed by atoms with Gasteiger partial charge in [0.2, 0.25) is 0 Å². The lowest BCUT2D eigenvalue weighted by Crippen LogP contribution is -2.30. The van der Waals surface area contributed by atoms with E-state index in [9.17, 15) is 23.1 Å². The molecule has 22 heavy (non-hydrogen) atoms. The van der Waals surface area contributed by atoms with Crippen molar-refractivity contribution >= 4 is 17.3 Å². The van der Waals surface area contributed by atoms with Crippen LogP contribution >= 0.6 is 11.3 Å². The van der Waals surface area contributed by atoms with Crippen molar-refractivity contribution in [2.24, 2.45) is 0 Å². The third-order valence-electron chi connectivity index (χ3n) is 2.90. The highest BCUT2D eigenvalue weighted by Crippen LogP contribution is 2.31. The molecular weight excluding hydrogens is 319 g/mol. The Hall–Kier alpha value is -2.00. The number of nitrogens with zero attached hydrogens (tertiary/aromatic N) is 3. The van der Waals surface area contributed by atoms with E-state index in [2.05, 4.69) is 9.97 Å². The largest absolute Gasteiger partial charge is 0.480 e. The standard InChI is InChI=1S/C13H12F3N3O2S/c1-19(6-10-18-9(7-22-10)13(14,15)16)11(12(20)21)8-3-2-4-17-5-8/h2-5,7,11H,6H2,1H3,(H,20,21). The lowest BCUT2D eigenvalue weighted by Gasteiger charge is -2.23. The normalized spacial score (nSPS) is 13.3. The summed E-state index contributed by atoms with van der Waals surface area (Å²) in [6.07, 6.45) is -1.57. The zero-order valence-electron chi connectivity index (χ0n) is 11.4. The second kappa shape index (κ2) is 6.41. The van der Waals surface area contributed by atoms with Crippen LogP contribution in [0.5, 0.6) is 0 Å². The van der Waals surface area contributed by atoms with Gasteiger partial charge in [0.15, 0.2) is 5.69 Å². The second-order valence-electron chi connectivity index (χ2n) is 4.57. The number of carboxylic acids is 1. The molecule has 0 spiro atoms. The van der Waals surface area contributed by atoms with E-state index in [4.69, 9.17) is 0 Å². The Morgan fingerprint density at radius 2 is 2.23 bits per heavy atom. The Balaban J connectivity index is 2.17. The van der Waals surface area contributed by atoms with E-state index in [0.29, 0.717) is 5.56 Å². The van der Waals surface area contributed by atoms with E-state index in [1.54, 1.807) is 12.1 Å². The number of hydrogen-bond donors (Lipinski definition) is 1. The Labute approximate surface area is 128 Å². The van der Waals surface area contributed by atoms with Crippen molar-refractivity contribution in [2.45, 2.75) is 18.8 Å². The van der Waals surface area contributed by atoms with Crippen LogP contribution in [-0.4, -0.2) is 33.0 Å². The monoisotopic (exact) mass is 331 g/mol. The first-order valence-corrected chi connectivity index (χ1v) is 7.01. The van der Waals surface area contributed by atoms with Gasteiger partial charge in [0.1, 0.15) is 11.0 Å². The van der Waals surface area contributed by atoms with E-state index >= 15 is 0 Å². The maximum atomic E-state index is 12.5. The highest BCUT2D eigenvalue weighted by Gasteiger charge is 2.34. The first kappa shape index (κ1) is 16.4. The van der Waals surface area contributed by atoms with Crippen molar-refractivity contribution in [3.63, 3.8) is 0 Å². The third kappa shape index (κ3) is 3.80. The molecule has 0 aromatic carbocycles. The molecule has 2 aromatic rings. The summed E-state index contributed by atoms with van der Waals surface area (Å²) in [4.78, 5) is 20.2. The van der Waals surface area contributed by atoms with Crippen LogP contribution in [0.3, 0.4) is 0 Å². The molecule has 118 valence electrons. The molecular formula is C13H12F3N3O2S. The quantitative estimate of drug-likeness (QED) is 0.912. The van der Waals surface area contributed by atoms with Crippen molar-refractivity contribution in [1.82, 2.24) is 14.9 Å². The van der Waals surface area contributed by atoms with Crippen molar-refractivity contribution in [1.29, 1.82) is 0 Å². The average molecular weight is 331 g/mol. The minimum atomic E-state index is -4.50. The number of carboxylic acid groups (broad SMARTS) is 1.